The number of carbonyl (C=O) groups excluding carboxylic acids is 1. The fourth-order valence-corrected chi connectivity index (χ4v) is 1.58. The lowest BCUT2D eigenvalue weighted by molar-refractivity contribution is 0.0942. The second kappa shape index (κ2) is 5.31. The Balaban J connectivity index is 2.06. The molecule has 4 nitrogen and oxygen atoms in total. The van der Waals surface area contributed by atoms with E-state index < -0.39 is 0 Å². The second-order valence-corrected chi connectivity index (χ2v) is 3.99. The molecule has 0 fully saturated rings. The standard InChI is InChI=1S/C14H14N2O2/c1-10-7-8-12(17)13(16-10)14(18)15-9-11-5-3-2-4-6-11/h2-8,17H,9H2,1H3,(H,15,18). The van der Waals surface area contributed by atoms with E-state index in [1.165, 1.54) is 6.07 Å². The van der Waals surface area contributed by atoms with Crippen LogP contribution in [0.25, 0.3) is 0 Å². The first kappa shape index (κ1) is 12.1. The lowest BCUT2D eigenvalue weighted by Gasteiger charge is -2.06. The molecule has 0 aliphatic rings. The molecule has 2 N–H and O–H groups in total. The molecule has 92 valence electrons. The molecular weight excluding hydrogens is 228 g/mol. The summed E-state index contributed by atoms with van der Waals surface area (Å²) in [6.07, 6.45) is 0. The Morgan fingerprint density at radius 1 is 1.22 bits per heavy atom. The first-order valence-corrected chi connectivity index (χ1v) is 5.65. The molecule has 0 radical (unpaired) electrons. The van der Waals surface area contributed by atoms with Crippen LogP contribution in [0.2, 0.25) is 0 Å². The van der Waals surface area contributed by atoms with Gasteiger partial charge in [0.05, 0.1) is 0 Å². The molecule has 2 rings (SSSR count). The van der Waals surface area contributed by atoms with Gasteiger partial charge in [-0.1, -0.05) is 30.3 Å². The number of hydrogen-bond acceptors (Lipinski definition) is 3. The number of nitrogens with one attached hydrogen (secondary N) is 1. The first-order chi connectivity index (χ1) is 8.66. The summed E-state index contributed by atoms with van der Waals surface area (Å²) in [6.45, 7) is 2.18. The van der Waals surface area contributed by atoms with Crippen LogP contribution in [-0.4, -0.2) is 16.0 Å². The summed E-state index contributed by atoms with van der Waals surface area (Å²) in [6, 6.07) is 12.7. The molecule has 1 aromatic heterocycles. The van der Waals surface area contributed by atoms with E-state index >= 15 is 0 Å². The van der Waals surface area contributed by atoms with E-state index in [2.05, 4.69) is 10.3 Å². The van der Waals surface area contributed by atoms with E-state index in [4.69, 9.17) is 0 Å². The number of carbonyl (C=O) groups is 1. The molecule has 0 saturated carbocycles. The number of aromatic hydroxyl groups is 1. The molecule has 1 heterocycles. The van der Waals surface area contributed by atoms with Crippen molar-refractivity contribution in [2.24, 2.45) is 0 Å². The number of aromatic nitrogens is 1. The smallest absolute Gasteiger partial charge is 0.274 e. The van der Waals surface area contributed by atoms with Crippen molar-refractivity contribution in [2.45, 2.75) is 13.5 Å². The summed E-state index contributed by atoms with van der Waals surface area (Å²) in [5, 5.41) is 12.3. The van der Waals surface area contributed by atoms with E-state index in [1.54, 1.807) is 13.0 Å². The predicted octanol–water partition coefficient (Wildman–Crippen LogP) is 2.03. The van der Waals surface area contributed by atoms with E-state index in [1.807, 2.05) is 30.3 Å². The van der Waals surface area contributed by atoms with Gasteiger partial charge in [-0.2, -0.15) is 0 Å². The fraction of sp³-hybridized carbons (Fsp3) is 0.143. The highest BCUT2D eigenvalue weighted by molar-refractivity contribution is 5.94. The first-order valence-electron chi connectivity index (χ1n) is 5.65. The number of aryl methyl sites for hydroxylation is 1. The molecule has 18 heavy (non-hydrogen) atoms. The maximum atomic E-state index is 11.9. The predicted molar refractivity (Wildman–Crippen MR) is 68.3 cm³/mol. The Morgan fingerprint density at radius 3 is 2.67 bits per heavy atom. The highest BCUT2D eigenvalue weighted by Crippen LogP contribution is 2.14. The second-order valence-electron chi connectivity index (χ2n) is 3.99. The summed E-state index contributed by atoms with van der Waals surface area (Å²) in [5.41, 5.74) is 1.75. The summed E-state index contributed by atoms with van der Waals surface area (Å²) in [7, 11) is 0. The van der Waals surface area contributed by atoms with Crippen LogP contribution in [-0.2, 0) is 6.54 Å². The van der Waals surface area contributed by atoms with E-state index in [0.717, 1.165) is 5.56 Å². The third kappa shape index (κ3) is 2.85. The third-order valence-electron chi connectivity index (χ3n) is 2.52. The summed E-state index contributed by atoms with van der Waals surface area (Å²) in [5.74, 6) is -0.480. The molecule has 0 saturated heterocycles. The van der Waals surface area contributed by atoms with Crippen LogP contribution < -0.4 is 5.32 Å². The minimum atomic E-state index is -0.375. The maximum absolute atomic E-state index is 11.9. The van der Waals surface area contributed by atoms with Gasteiger partial charge in [0.2, 0.25) is 0 Å². The van der Waals surface area contributed by atoms with Gasteiger partial charge in [-0.25, -0.2) is 4.98 Å². The van der Waals surface area contributed by atoms with Gasteiger partial charge in [-0.05, 0) is 24.6 Å². The highest BCUT2D eigenvalue weighted by atomic mass is 16.3. The molecule has 0 spiro atoms. The molecular formula is C14H14N2O2. The van der Waals surface area contributed by atoms with Crippen LogP contribution in [0.3, 0.4) is 0 Å². The lowest BCUT2D eigenvalue weighted by Crippen LogP contribution is -2.24. The average molecular weight is 242 g/mol. The fourth-order valence-electron chi connectivity index (χ4n) is 1.58. The minimum absolute atomic E-state index is 0.0610. The van der Waals surface area contributed by atoms with Crippen LogP contribution in [0.4, 0.5) is 0 Å². The Hall–Kier alpha value is -2.36. The van der Waals surface area contributed by atoms with Crippen LogP contribution >= 0.6 is 0 Å². The SMILES string of the molecule is Cc1ccc(O)c(C(=O)NCc2ccccc2)n1. The number of rotatable bonds is 3. The zero-order valence-electron chi connectivity index (χ0n) is 10.1. The van der Waals surface area contributed by atoms with Crippen molar-refractivity contribution in [3.63, 3.8) is 0 Å². The van der Waals surface area contributed by atoms with E-state index in [0.29, 0.717) is 12.2 Å². The van der Waals surface area contributed by atoms with Crippen molar-refractivity contribution in [1.29, 1.82) is 0 Å². The average Bonchev–Trinajstić information content (AvgIpc) is 2.40. The zero-order chi connectivity index (χ0) is 13.0. The normalized spacial score (nSPS) is 10.1. The monoisotopic (exact) mass is 242 g/mol. The van der Waals surface area contributed by atoms with Crippen molar-refractivity contribution in [3.05, 3.63) is 59.4 Å². The van der Waals surface area contributed by atoms with Gasteiger partial charge < -0.3 is 10.4 Å². The van der Waals surface area contributed by atoms with Crippen LogP contribution in [0.15, 0.2) is 42.5 Å². The van der Waals surface area contributed by atoms with Crippen LogP contribution in [0, 0.1) is 6.92 Å². The van der Waals surface area contributed by atoms with Gasteiger partial charge in [-0.3, -0.25) is 4.79 Å². The van der Waals surface area contributed by atoms with Crippen LogP contribution in [0.1, 0.15) is 21.7 Å². The molecule has 1 aromatic carbocycles. The zero-order valence-corrected chi connectivity index (χ0v) is 10.1. The topological polar surface area (TPSA) is 62.2 Å². The molecule has 0 aliphatic carbocycles. The molecule has 0 aliphatic heterocycles. The summed E-state index contributed by atoms with van der Waals surface area (Å²) < 4.78 is 0. The van der Waals surface area contributed by atoms with Gasteiger partial charge in [0.25, 0.3) is 5.91 Å². The van der Waals surface area contributed by atoms with Crippen molar-refractivity contribution in [1.82, 2.24) is 10.3 Å². The number of nitrogens with zero attached hydrogens (tertiary/aromatic N) is 1. The van der Waals surface area contributed by atoms with E-state index in [-0.39, 0.29) is 17.4 Å². The minimum Gasteiger partial charge on any atom is -0.505 e. The van der Waals surface area contributed by atoms with Crippen molar-refractivity contribution in [2.75, 3.05) is 0 Å². The number of benzene rings is 1. The van der Waals surface area contributed by atoms with Gasteiger partial charge in [0.1, 0.15) is 5.75 Å². The molecule has 0 atom stereocenters. The molecule has 0 unspecified atom stereocenters. The summed E-state index contributed by atoms with van der Waals surface area (Å²) >= 11 is 0. The molecule has 4 heteroatoms. The van der Waals surface area contributed by atoms with Gasteiger partial charge >= 0.3 is 0 Å². The largest absolute Gasteiger partial charge is 0.505 e. The van der Waals surface area contributed by atoms with Gasteiger partial charge in [0.15, 0.2) is 5.69 Å². The Bertz CT molecular complexity index is 553. The quantitative estimate of drug-likeness (QED) is 0.865. The van der Waals surface area contributed by atoms with Crippen LogP contribution in [0.5, 0.6) is 5.75 Å². The van der Waals surface area contributed by atoms with Crippen molar-refractivity contribution in [3.8, 4) is 5.75 Å². The third-order valence-corrected chi connectivity index (χ3v) is 2.52. The molecule has 2 aromatic rings. The van der Waals surface area contributed by atoms with Crippen molar-refractivity contribution < 1.29 is 9.90 Å². The van der Waals surface area contributed by atoms with Crippen molar-refractivity contribution >= 4 is 5.91 Å². The number of amides is 1. The van der Waals surface area contributed by atoms with Gasteiger partial charge in [0, 0.05) is 12.2 Å². The van der Waals surface area contributed by atoms with Gasteiger partial charge in [-0.15, -0.1) is 0 Å². The Kier molecular flexibility index (Phi) is 3.57. The Morgan fingerprint density at radius 2 is 1.94 bits per heavy atom. The summed E-state index contributed by atoms with van der Waals surface area (Å²) in [4.78, 5) is 15.9. The molecule has 0 bridgehead atoms. The Labute approximate surface area is 105 Å². The maximum Gasteiger partial charge on any atom is 0.274 e. The lowest BCUT2D eigenvalue weighted by atomic mass is 10.2. The number of pyridine rings is 1. The molecule has 1 amide bonds. The highest BCUT2D eigenvalue weighted by Gasteiger charge is 2.12. The number of hydrogen-bond donors (Lipinski definition) is 2. The van der Waals surface area contributed by atoms with E-state index in [9.17, 15) is 9.90 Å².